The van der Waals surface area contributed by atoms with Crippen LogP contribution in [0.3, 0.4) is 0 Å². The van der Waals surface area contributed by atoms with Crippen LogP contribution in [0.2, 0.25) is 0 Å². The van der Waals surface area contributed by atoms with Crippen molar-refractivity contribution in [2.24, 2.45) is 5.92 Å². The van der Waals surface area contributed by atoms with E-state index >= 15 is 0 Å². The number of anilines is 1. The third kappa shape index (κ3) is 8.70. The molecule has 1 aromatic heterocycles. The van der Waals surface area contributed by atoms with E-state index in [9.17, 15) is 0 Å². The van der Waals surface area contributed by atoms with Crippen molar-refractivity contribution in [2.75, 3.05) is 5.32 Å². The summed E-state index contributed by atoms with van der Waals surface area (Å²) in [6.45, 7) is 4.59. The molecule has 0 fully saturated rings. The number of para-hydroxylation sites is 2. The van der Waals surface area contributed by atoms with Gasteiger partial charge in [-0.25, -0.2) is 0 Å². The molecule has 2 heteroatoms. The van der Waals surface area contributed by atoms with E-state index in [0.29, 0.717) is 0 Å². The van der Waals surface area contributed by atoms with E-state index in [1.165, 1.54) is 33.0 Å². The van der Waals surface area contributed by atoms with Crippen molar-refractivity contribution in [3.63, 3.8) is 0 Å². The summed E-state index contributed by atoms with van der Waals surface area (Å²) in [4.78, 5) is 0. The first-order valence-corrected chi connectivity index (χ1v) is 23.0. The first-order valence-electron chi connectivity index (χ1n) is 23.0. The summed E-state index contributed by atoms with van der Waals surface area (Å²) in [6, 6.07) is 63.3. The van der Waals surface area contributed by atoms with Crippen LogP contribution in [-0.2, 0) is 0 Å². The average Bonchev–Trinajstić information content (AvgIpc) is 3.70. The minimum absolute atomic E-state index is 0.163. The molecule has 0 saturated heterocycles. The van der Waals surface area contributed by atoms with Crippen LogP contribution in [0.15, 0.2) is 266 Å². The van der Waals surface area contributed by atoms with Gasteiger partial charge in [-0.1, -0.05) is 232 Å². The van der Waals surface area contributed by atoms with Gasteiger partial charge in [-0.2, -0.15) is 0 Å². The third-order valence-corrected chi connectivity index (χ3v) is 12.7. The van der Waals surface area contributed by atoms with E-state index in [0.717, 1.165) is 61.4 Å². The Morgan fingerprint density at radius 3 is 2.08 bits per heavy atom. The van der Waals surface area contributed by atoms with Crippen LogP contribution in [0.5, 0.6) is 0 Å². The molecule has 0 bridgehead atoms. The highest BCUT2D eigenvalue weighted by Crippen LogP contribution is 2.43. The Bertz CT molecular complexity index is 3330. The second kappa shape index (κ2) is 19.3. The van der Waals surface area contributed by atoms with Gasteiger partial charge < -0.3 is 9.88 Å². The molecule has 318 valence electrons. The first kappa shape index (κ1) is 41.8. The molecule has 66 heavy (non-hydrogen) atoms. The smallest absolute Gasteiger partial charge is 0.0547 e. The molecule has 2 heterocycles. The Morgan fingerprint density at radius 1 is 0.545 bits per heavy atom. The van der Waals surface area contributed by atoms with E-state index in [1.54, 1.807) is 0 Å². The summed E-state index contributed by atoms with van der Waals surface area (Å²) in [5.41, 5.74) is 17.3. The van der Waals surface area contributed by atoms with E-state index < -0.39 is 0 Å². The van der Waals surface area contributed by atoms with Gasteiger partial charge in [0.05, 0.1) is 11.0 Å². The van der Waals surface area contributed by atoms with Gasteiger partial charge in [-0.15, -0.1) is 0 Å². The van der Waals surface area contributed by atoms with E-state index in [4.69, 9.17) is 0 Å². The van der Waals surface area contributed by atoms with Gasteiger partial charge in [0, 0.05) is 33.9 Å². The zero-order valence-corrected chi connectivity index (χ0v) is 37.4. The lowest BCUT2D eigenvalue weighted by Gasteiger charge is -2.20. The molecule has 1 N–H and O–H groups in total. The maximum atomic E-state index is 3.71. The van der Waals surface area contributed by atoms with Crippen molar-refractivity contribution in [1.82, 2.24) is 4.57 Å². The summed E-state index contributed by atoms with van der Waals surface area (Å²) in [5.74, 6) is 0.384. The fourth-order valence-corrected chi connectivity index (χ4v) is 9.37. The second-order valence-electron chi connectivity index (χ2n) is 17.0. The van der Waals surface area contributed by atoms with Crippen LogP contribution in [0.4, 0.5) is 5.69 Å². The van der Waals surface area contributed by atoms with Crippen LogP contribution >= 0.6 is 0 Å². The Labute approximate surface area is 389 Å². The first-order chi connectivity index (χ1) is 32.6. The molecule has 0 radical (unpaired) electrons. The minimum atomic E-state index is 0.163. The van der Waals surface area contributed by atoms with Crippen molar-refractivity contribution in [2.45, 2.75) is 19.8 Å². The summed E-state index contributed by atoms with van der Waals surface area (Å²) in [6.07, 6.45) is 31.4. The number of nitrogens with zero attached hydrogens (tertiary/aromatic N) is 1. The molecule has 2 nitrogen and oxygen atoms in total. The molecule has 1 aliphatic carbocycles. The predicted molar refractivity (Wildman–Crippen MR) is 284 cm³/mol. The maximum absolute atomic E-state index is 3.71. The molecular formula is C64H52N2. The van der Waals surface area contributed by atoms with Crippen molar-refractivity contribution >= 4 is 44.7 Å². The quantitative estimate of drug-likeness (QED) is 0.183. The van der Waals surface area contributed by atoms with Gasteiger partial charge in [0.1, 0.15) is 0 Å². The fourth-order valence-electron chi connectivity index (χ4n) is 9.37. The summed E-state index contributed by atoms with van der Waals surface area (Å²) < 4.78 is 2.44. The van der Waals surface area contributed by atoms with Crippen molar-refractivity contribution in [1.29, 1.82) is 0 Å². The molecule has 0 saturated carbocycles. The molecule has 10 rings (SSSR count). The molecule has 8 aromatic rings. The van der Waals surface area contributed by atoms with Crippen molar-refractivity contribution < 1.29 is 0 Å². The van der Waals surface area contributed by atoms with Gasteiger partial charge in [0.25, 0.3) is 0 Å². The Morgan fingerprint density at radius 2 is 1.24 bits per heavy atom. The van der Waals surface area contributed by atoms with Gasteiger partial charge in [0.2, 0.25) is 0 Å². The SMILES string of the molecule is CC1/C=C/C=C\C=C/c2c(ccc3c2c2ccccc2n3-c2cccc(-c3ccccc3)c2)/C2=C(\C=C/C1=C/C(C)c1ccccc1)/C=C/C(c1ccccc1)=C\C=C\Nc1ccccc12. The summed E-state index contributed by atoms with van der Waals surface area (Å²) >= 11 is 0. The van der Waals surface area contributed by atoms with Crippen LogP contribution in [-0.4, -0.2) is 4.57 Å². The molecule has 7 aromatic carbocycles. The Kier molecular flexibility index (Phi) is 12.2. The Hall–Kier alpha value is -8.20. The van der Waals surface area contributed by atoms with Crippen molar-refractivity contribution in [3.8, 4) is 16.8 Å². The summed E-state index contributed by atoms with van der Waals surface area (Å²) in [5, 5.41) is 6.11. The average molecular weight is 849 g/mol. The number of rotatable bonds is 5. The Balaban J connectivity index is 1.29. The highest BCUT2D eigenvalue weighted by Gasteiger charge is 2.22. The lowest BCUT2D eigenvalue weighted by molar-refractivity contribution is 0.855. The zero-order chi connectivity index (χ0) is 44.7. The summed E-state index contributed by atoms with van der Waals surface area (Å²) in [7, 11) is 0. The lowest BCUT2D eigenvalue weighted by atomic mass is 9.85. The highest BCUT2D eigenvalue weighted by atomic mass is 15.0. The molecule has 2 unspecified atom stereocenters. The van der Waals surface area contributed by atoms with Gasteiger partial charge in [-0.3, -0.25) is 0 Å². The van der Waals surface area contributed by atoms with Gasteiger partial charge in [0.15, 0.2) is 0 Å². The van der Waals surface area contributed by atoms with Gasteiger partial charge in [-0.05, 0) is 104 Å². The number of hydrogen-bond acceptors (Lipinski definition) is 1. The molecule has 0 amide bonds. The minimum Gasteiger partial charge on any atom is -0.361 e. The molecular weight excluding hydrogens is 797 g/mol. The van der Waals surface area contributed by atoms with Crippen molar-refractivity contribution in [3.05, 3.63) is 294 Å². The fraction of sp³-hybridized carbons (Fsp3) is 0.0625. The number of fused-ring (bicyclic) bond motifs is 8. The van der Waals surface area contributed by atoms with E-state index in [2.05, 4.69) is 279 Å². The van der Waals surface area contributed by atoms with Crippen LogP contribution in [0, 0.1) is 5.92 Å². The predicted octanol–water partition coefficient (Wildman–Crippen LogP) is 16.9. The second-order valence-corrected chi connectivity index (χ2v) is 17.0. The molecule has 1 aliphatic heterocycles. The number of nitrogens with one attached hydrogen (secondary N) is 1. The number of benzene rings is 7. The van der Waals surface area contributed by atoms with Gasteiger partial charge >= 0.3 is 0 Å². The lowest BCUT2D eigenvalue weighted by Crippen LogP contribution is -2.01. The highest BCUT2D eigenvalue weighted by molar-refractivity contribution is 6.15. The normalized spacial score (nSPS) is 21.0. The van der Waals surface area contributed by atoms with Crippen LogP contribution in [0.25, 0.3) is 55.8 Å². The number of hydrogen-bond donors (Lipinski definition) is 1. The van der Waals surface area contributed by atoms with E-state index in [1.807, 2.05) is 6.20 Å². The number of aromatic nitrogens is 1. The largest absolute Gasteiger partial charge is 0.361 e. The topological polar surface area (TPSA) is 17.0 Å². The maximum Gasteiger partial charge on any atom is 0.0547 e. The molecule has 2 atom stereocenters. The van der Waals surface area contributed by atoms with E-state index in [-0.39, 0.29) is 11.8 Å². The standard InChI is InChI=1S/C64H52N2/c1-46-22-8-3-4-15-32-56-57(41-42-62-64(56)59-34-17-19-36-61(59)66(62)55-31-20-29-54(45-55)50-27-13-7-14-28-50)63-52(39-40-53(46)44-47(2)48-23-9-5-10-24-48)38-37-51(49-25-11-6-12-26-49)30-21-43-65-60-35-18-16-33-58(60)63/h3-47,65H,1-2H3/b4-3-,22-8+,32-15-,38-37+,40-39-,43-21+,51-30+,53-44-,63-52+. The third-order valence-electron chi connectivity index (χ3n) is 12.7. The molecule has 2 aliphatic rings. The van der Waals surface area contributed by atoms with Crippen LogP contribution < -0.4 is 5.32 Å². The zero-order valence-electron chi connectivity index (χ0n) is 37.4. The van der Waals surface area contributed by atoms with Crippen LogP contribution in [0.1, 0.15) is 47.6 Å². The molecule has 0 spiro atoms. The monoisotopic (exact) mass is 848 g/mol. The number of allylic oxidation sites excluding steroid dienone is 15.